The van der Waals surface area contributed by atoms with E-state index >= 15 is 0 Å². The number of pyridine rings is 1. The van der Waals surface area contributed by atoms with Crippen molar-refractivity contribution in [1.82, 2.24) is 4.98 Å². The van der Waals surface area contributed by atoms with Gasteiger partial charge in [-0.25, -0.2) is 0 Å². The van der Waals surface area contributed by atoms with Crippen LogP contribution in [-0.4, -0.2) is 18.7 Å². The summed E-state index contributed by atoms with van der Waals surface area (Å²) >= 11 is 0. The Bertz CT molecular complexity index is 1350. The minimum atomic E-state index is -0.751. The van der Waals surface area contributed by atoms with Crippen molar-refractivity contribution in [2.24, 2.45) is 11.8 Å². The monoisotopic (exact) mass is 465 g/mol. The average Bonchev–Trinajstić information content (AvgIpc) is 2.87. The van der Waals surface area contributed by atoms with Gasteiger partial charge in [-0.15, -0.1) is 0 Å². The van der Waals surface area contributed by atoms with Crippen LogP contribution in [-0.2, 0) is 16.8 Å². The van der Waals surface area contributed by atoms with Crippen LogP contribution < -0.4 is 4.74 Å². The number of ether oxygens (including phenoxy) is 2. The normalized spacial score (nSPS) is 16.7. The molecule has 1 heterocycles. The third-order valence-electron chi connectivity index (χ3n) is 7.08. The molecule has 3 aromatic carbocycles. The van der Waals surface area contributed by atoms with Crippen LogP contribution in [0.25, 0.3) is 22.0 Å². The first-order valence-electron chi connectivity index (χ1n) is 12.7. The van der Waals surface area contributed by atoms with Crippen molar-refractivity contribution in [3.8, 4) is 17.0 Å². The minimum absolute atomic E-state index is 0.454. The maximum atomic E-state index is 6.57. The highest BCUT2D eigenvalue weighted by Gasteiger charge is 2.43. The first kappa shape index (κ1) is 23.6. The molecule has 0 fully saturated rings. The number of hydrogen-bond acceptors (Lipinski definition) is 3. The zero-order chi connectivity index (χ0) is 24.6. The van der Waals surface area contributed by atoms with Crippen LogP contribution in [0.15, 0.2) is 72.9 Å². The molecule has 1 atom stereocenters. The Morgan fingerprint density at radius 1 is 0.857 bits per heavy atom. The first-order valence-corrected chi connectivity index (χ1v) is 12.7. The van der Waals surface area contributed by atoms with Gasteiger partial charge in [0.1, 0.15) is 11.4 Å². The summed E-state index contributed by atoms with van der Waals surface area (Å²) in [5.41, 5.74) is 5.98. The first-order chi connectivity index (χ1) is 17.0. The van der Waals surface area contributed by atoms with Crippen molar-refractivity contribution >= 4 is 10.8 Å². The molecule has 0 saturated carbocycles. The van der Waals surface area contributed by atoms with Gasteiger partial charge in [-0.05, 0) is 53.3 Å². The molecule has 180 valence electrons. The molecule has 1 aliphatic rings. The second kappa shape index (κ2) is 9.47. The molecule has 0 N–H and O–H groups in total. The van der Waals surface area contributed by atoms with Crippen molar-refractivity contribution in [3.63, 3.8) is 0 Å². The fourth-order valence-electron chi connectivity index (χ4n) is 5.33. The predicted octanol–water partition coefficient (Wildman–Crippen LogP) is 7.78. The fourth-order valence-corrected chi connectivity index (χ4v) is 5.33. The maximum Gasteiger partial charge on any atom is 0.144 e. The van der Waals surface area contributed by atoms with Crippen LogP contribution in [0.1, 0.15) is 56.4 Å². The minimum Gasteiger partial charge on any atom is -0.493 e. The molecular weight excluding hydrogens is 430 g/mol. The van der Waals surface area contributed by atoms with Crippen LogP contribution in [0.4, 0.5) is 0 Å². The lowest BCUT2D eigenvalue weighted by Gasteiger charge is -2.40. The summed E-state index contributed by atoms with van der Waals surface area (Å²) in [6.45, 7) is 9.62. The molecule has 1 aliphatic carbocycles. The van der Waals surface area contributed by atoms with Gasteiger partial charge in [0.15, 0.2) is 0 Å². The van der Waals surface area contributed by atoms with Crippen molar-refractivity contribution in [2.75, 3.05) is 13.7 Å². The van der Waals surface area contributed by atoms with Gasteiger partial charge in [0.05, 0.1) is 12.3 Å². The third kappa shape index (κ3) is 4.02. The second-order valence-electron chi connectivity index (χ2n) is 10.5. The average molecular weight is 466 g/mol. The van der Waals surface area contributed by atoms with E-state index < -0.39 is 5.60 Å². The Morgan fingerprint density at radius 2 is 1.66 bits per heavy atom. The molecule has 35 heavy (non-hydrogen) atoms. The summed E-state index contributed by atoms with van der Waals surface area (Å²) < 4.78 is 13.0. The van der Waals surface area contributed by atoms with E-state index in [-0.39, 0.29) is 0 Å². The van der Waals surface area contributed by atoms with E-state index in [9.17, 15) is 0 Å². The Morgan fingerprint density at radius 3 is 2.43 bits per heavy atom. The number of fused-ring (bicyclic) bond motifs is 2. The molecule has 3 nitrogen and oxygen atoms in total. The number of aromatic nitrogens is 1. The van der Waals surface area contributed by atoms with Gasteiger partial charge in [0.25, 0.3) is 0 Å². The quantitative estimate of drug-likeness (QED) is 0.266. The molecule has 4 aromatic rings. The van der Waals surface area contributed by atoms with Crippen LogP contribution in [0, 0.1) is 11.8 Å². The molecule has 3 heteroatoms. The number of hydrogen-bond donors (Lipinski definition) is 0. The molecule has 0 saturated heterocycles. The predicted molar refractivity (Wildman–Crippen MR) is 144 cm³/mol. The summed E-state index contributed by atoms with van der Waals surface area (Å²) in [6, 6.07) is 23.8. The van der Waals surface area contributed by atoms with Crippen molar-refractivity contribution in [2.45, 2.75) is 46.1 Å². The molecule has 0 amide bonds. The van der Waals surface area contributed by atoms with Crippen molar-refractivity contribution < 1.29 is 9.47 Å². The lowest BCUT2D eigenvalue weighted by Crippen LogP contribution is -2.34. The smallest absolute Gasteiger partial charge is 0.144 e. The molecule has 0 bridgehead atoms. The standard InChI is InChI=1S/C32H35NO2/c1-21(2)13-14-23-15-16-25(19-29(23)35-20-22(3)4)32(34-5)27-11-7-6-10-26(27)31-30-24(17-18-33-31)9-8-12-28(30)32/h6-12,15-19,21-22H,13-14,20H2,1-5H3. The Kier molecular flexibility index (Phi) is 6.37. The third-order valence-corrected chi connectivity index (χ3v) is 7.08. The topological polar surface area (TPSA) is 31.4 Å². The zero-order valence-corrected chi connectivity index (χ0v) is 21.5. The van der Waals surface area contributed by atoms with Gasteiger partial charge in [-0.2, -0.15) is 0 Å². The van der Waals surface area contributed by atoms with Crippen molar-refractivity contribution in [1.29, 1.82) is 0 Å². The highest BCUT2D eigenvalue weighted by molar-refractivity contribution is 6.01. The summed E-state index contributed by atoms with van der Waals surface area (Å²) in [4.78, 5) is 4.81. The Hall–Kier alpha value is -3.17. The van der Waals surface area contributed by atoms with Crippen molar-refractivity contribution in [3.05, 3.63) is 95.2 Å². The molecule has 1 unspecified atom stereocenters. The Labute approximate surface area is 209 Å². The highest BCUT2D eigenvalue weighted by atomic mass is 16.5. The number of aryl methyl sites for hydroxylation is 1. The van der Waals surface area contributed by atoms with Crippen LogP contribution in [0.2, 0.25) is 0 Å². The van der Waals surface area contributed by atoms with Gasteiger partial charge in [0, 0.05) is 35.4 Å². The van der Waals surface area contributed by atoms with E-state index in [1.807, 2.05) is 13.3 Å². The number of rotatable bonds is 8. The Balaban J connectivity index is 1.76. The van der Waals surface area contributed by atoms with E-state index in [2.05, 4.69) is 94.4 Å². The summed E-state index contributed by atoms with van der Waals surface area (Å²) in [7, 11) is 1.82. The van der Waals surface area contributed by atoms with Gasteiger partial charge < -0.3 is 9.47 Å². The molecule has 1 aromatic heterocycles. The summed E-state index contributed by atoms with van der Waals surface area (Å²) in [5, 5.41) is 2.33. The number of nitrogens with zero attached hydrogens (tertiary/aromatic N) is 1. The van der Waals surface area contributed by atoms with E-state index in [0.29, 0.717) is 18.4 Å². The van der Waals surface area contributed by atoms with E-state index in [0.717, 1.165) is 51.9 Å². The molecule has 0 aliphatic heterocycles. The maximum absolute atomic E-state index is 6.57. The lowest BCUT2D eigenvalue weighted by molar-refractivity contribution is 0.0593. The van der Waals surface area contributed by atoms with Crippen LogP contribution >= 0.6 is 0 Å². The molecule has 0 radical (unpaired) electrons. The lowest BCUT2D eigenvalue weighted by atomic mass is 9.71. The molecule has 0 spiro atoms. The van der Waals surface area contributed by atoms with Gasteiger partial charge in [0.2, 0.25) is 0 Å². The van der Waals surface area contributed by atoms with Crippen LogP contribution in [0.5, 0.6) is 5.75 Å². The summed E-state index contributed by atoms with van der Waals surface area (Å²) in [5.74, 6) is 2.06. The van der Waals surface area contributed by atoms with Crippen LogP contribution in [0.3, 0.4) is 0 Å². The SMILES string of the molecule is COC1(c2ccc(CCC(C)C)c(OCC(C)C)c2)c2ccccc2-c2nccc3cccc1c23. The summed E-state index contributed by atoms with van der Waals surface area (Å²) in [6.07, 6.45) is 4.04. The highest BCUT2D eigenvalue weighted by Crippen LogP contribution is 2.52. The van der Waals surface area contributed by atoms with E-state index in [1.165, 1.54) is 10.9 Å². The largest absolute Gasteiger partial charge is 0.493 e. The second-order valence-corrected chi connectivity index (χ2v) is 10.5. The molecular formula is C32H35NO2. The van der Waals surface area contributed by atoms with Gasteiger partial charge >= 0.3 is 0 Å². The fraction of sp³-hybridized carbons (Fsp3) is 0.344. The molecule has 5 rings (SSSR count). The van der Waals surface area contributed by atoms with E-state index in [4.69, 9.17) is 14.5 Å². The number of benzene rings is 3. The van der Waals surface area contributed by atoms with Gasteiger partial charge in [-0.3, -0.25) is 4.98 Å². The zero-order valence-electron chi connectivity index (χ0n) is 21.5. The van der Waals surface area contributed by atoms with Gasteiger partial charge in [-0.1, -0.05) is 82.3 Å². The van der Waals surface area contributed by atoms with E-state index in [1.54, 1.807) is 0 Å². The number of methoxy groups -OCH3 is 1.